The number of hydrogen-bond acceptors (Lipinski definition) is 4. The number of nitrogens with one attached hydrogen (secondary N) is 1. The fraction of sp³-hybridized carbons (Fsp3) is 0.250. The van der Waals surface area contributed by atoms with Crippen LogP contribution in [-0.2, 0) is 25.7 Å². The molecule has 0 amide bonds. The number of halogens is 5. The largest absolute Gasteiger partial charge is 0.416 e. The summed E-state index contributed by atoms with van der Waals surface area (Å²) in [4.78, 5) is 25.8. The van der Waals surface area contributed by atoms with E-state index in [4.69, 9.17) is 23.2 Å². The van der Waals surface area contributed by atoms with Crippen molar-refractivity contribution in [3.05, 3.63) is 79.4 Å². The third-order valence-corrected chi connectivity index (χ3v) is 5.46. The Bertz CT molecular complexity index is 1150. The van der Waals surface area contributed by atoms with Crippen molar-refractivity contribution in [2.45, 2.75) is 25.7 Å². The van der Waals surface area contributed by atoms with Crippen molar-refractivity contribution in [2.24, 2.45) is 0 Å². The summed E-state index contributed by atoms with van der Waals surface area (Å²) in [5.74, 6) is 0.237. The third-order valence-electron chi connectivity index (χ3n) is 4.92. The summed E-state index contributed by atoms with van der Waals surface area (Å²) in [5.41, 5.74) is 1.36. The van der Waals surface area contributed by atoms with Crippen LogP contribution in [0.25, 0.3) is 11.4 Å². The lowest BCUT2D eigenvalue weighted by molar-refractivity contribution is -0.137. The minimum atomic E-state index is -4.42. The zero-order valence-electron chi connectivity index (χ0n) is 15.4. The standard InChI is InChI=1S/C20H15Cl2F3N4O/c21-16-6-3-12(17(22)27-16)9-29-8-7-14-15(10-29)26-18(28-19(14)30)11-1-4-13(5-2-11)20(23,24)25/h1-6H,7-10H2,(H,26,28,30). The highest BCUT2D eigenvalue weighted by Gasteiger charge is 2.30. The summed E-state index contributed by atoms with van der Waals surface area (Å²) in [7, 11) is 0. The molecular weight excluding hydrogens is 440 g/mol. The van der Waals surface area contributed by atoms with Gasteiger partial charge in [-0.1, -0.05) is 41.4 Å². The maximum Gasteiger partial charge on any atom is 0.416 e. The van der Waals surface area contributed by atoms with Crippen LogP contribution in [0.5, 0.6) is 0 Å². The lowest BCUT2D eigenvalue weighted by Crippen LogP contribution is -2.35. The second-order valence-corrected chi connectivity index (χ2v) is 7.70. The van der Waals surface area contributed by atoms with Crippen LogP contribution in [0.1, 0.15) is 22.4 Å². The van der Waals surface area contributed by atoms with E-state index in [9.17, 15) is 18.0 Å². The van der Waals surface area contributed by atoms with Gasteiger partial charge in [0.05, 0.1) is 11.3 Å². The summed E-state index contributed by atoms with van der Waals surface area (Å²) < 4.78 is 38.4. The van der Waals surface area contributed by atoms with Gasteiger partial charge in [-0.3, -0.25) is 9.69 Å². The number of aromatic nitrogens is 3. The van der Waals surface area contributed by atoms with Gasteiger partial charge in [0.1, 0.15) is 16.1 Å². The average Bonchev–Trinajstić information content (AvgIpc) is 2.69. The third kappa shape index (κ3) is 4.35. The van der Waals surface area contributed by atoms with Gasteiger partial charge >= 0.3 is 6.18 Å². The van der Waals surface area contributed by atoms with Gasteiger partial charge in [-0.25, -0.2) is 9.97 Å². The number of hydrogen-bond donors (Lipinski definition) is 1. The van der Waals surface area contributed by atoms with E-state index in [1.807, 2.05) is 0 Å². The number of alkyl halides is 3. The quantitative estimate of drug-likeness (QED) is 0.581. The highest BCUT2D eigenvalue weighted by Crippen LogP contribution is 2.30. The molecule has 0 bridgehead atoms. The van der Waals surface area contributed by atoms with Crippen LogP contribution in [0.2, 0.25) is 10.3 Å². The van der Waals surface area contributed by atoms with Crippen LogP contribution < -0.4 is 5.56 Å². The molecule has 0 saturated heterocycles. The van der Waals surface area contributed by atoms with Crippen molar-refractivity contribution < 1.29 is 13.2 Å². The van der Waals surface area contributed by atoms with Gasteiger partial charge in [-0.15, -0.1) is 0 Å². The molecule has 0 aliphatic carbocycles. The van der Waals surface area contributed by atoms with Crippen LogP contribution in [0.15, 0.2) is 41.2 Å². The number of nitrogens with zero attached hydrogens (tertiary/aromatic N) is 3. The van der Waals surface area contributed by atoms with Gasteiger partial charge in [0, 0.05) is 36.3 Å². The van der Waals surface area contributed by atoms with Crippen molar-refractivity contribution in [1.82, 2.24) is 19.9 Å². The molecule has 0 spiro atoms. The van der Waals surface area contributed by atoms with Crippen molar-refractivity contribution in [1.29, 1.82) is 0 Å². The molecule has 2 aromatic heterocycles. The summed E-state index contributed by atoms with van der Waals surface area (Å²) in [5, 5.41) is 0.625. The Morgan fingerprint density at radius 1 is 1.07 bits per heavy atom. The summed E-state index contributed by atoms with van der Waals surface area (Å²) in [6.45, 7) is 1.55. The second-order valence-electron chi connectivity index (χ2n) is 6.96. The molecule has 1 N–H and O–H groups in total. The van der Waals surface area contributed by atoms with E-state index < -0.39 is 11.7 Å². The maximum atomic E-state index is 12.8. The second kappa shape index (κ2) is 8.02. The zero-order valence-corrected chi connectivity index (χ0v) is 16.9. The lowest BCUT2D eigenvalue weighted by atomic mass is 10.0. The van der Waals surface area contributed by atoms with Gasteiger partial charge in [0.2, 0.25) is 0 Å². The van der Waals surface area contributed by atoms with Crippen LogP contribution in [0, 0.1) is 0 Å². The van der Waals surface area contributed by atoms with Gasteiger partial charge in [0.15, 0.2) is 0 Å². The minimum absolute atomic E-state index is 0.237. The molecule has 0 saturated carbocycles. The molecule has 1 aromatic carbocycles. The first-order chi connectivity index (χ1) is 14.2. The molecule has 30 heavy (non-hydrogen) atoms. The molecule has 1 aliphatic rings. The molecular formula is C20H15Cl2F3N4O. The Morgan fingerprint density at radius 2 is 1.80 bits per heavy atom. The SMILES string of the molecule is O=c1[nH]c(-c2ccc(C(F)(F)F)cc2)nc2c1CCN(Cc1ccc(Cl)nc1Cl)C2. The first-order valence-corrected chi connectivity index (χ1v) is 9.79. The molecule has 0 unspecified atom stereocenters. The van der Waals surface area contributed by atoms with E-state index in [1.165, 1.54) is 12.1 Å². The van der Waals surface area contributed by atoms with Crippen molar-refractivity contribution in [3.63, 3.8) is 0 Å². The Morgan fingerprint density at radius 3 is 2.47 bits per heavy atom. The van der Waals surface area contributed by atoms with Gasteiger partial charge in [0.25, 0.3) is 5.56 Å². The summed E-state index contributed by atoms with van der Waals surface area (Å²) in [6, 6.07) is 7.99. The van der Waals surface area contributed by atoms with Gasteiger partial charge < -0.3 is 4.98 Å². The Labute approximate surface area is 179 Å². The highest BCUT2D eigenvalue weighted by molar-refractivity contribution is 6.32. The minimum Gasteiger partial charge on any atom is -0.306 e. The average molecular weight is 455 g/mol. The van der Waals surface area contributed by atoms with Crippen molar-refractivity contribution in [3.8, 4) is 11.4 Å². The molecule has 4 rings (SSSR count). The lowest BCUT2D eigenvalue weighted by Gasteiger charge is -2.28. The van der Waals surface area contributed by atoms with Gasteiger partial charge in [-0.2, -0.15) is 13.2 Å². The topological polar surface area (TPSA) is 61.9 Å². The van der Waals surface area contributed by atoms with Crippen LogP contribution in [0.3, 0.4) is 0 Å². The molecule has 0 atom stereocenters. The first-order valence-electron chi connectivity index (χ1n) is 9.03. The van der Waals surface area contributed by atoms with E-state index in [0.717, 1.165) is 17.7 Å². The Hall–Kier alpha value is -2.42. The number of rotatable bonds is 3. The molecule has 3 heterocycles. The summed E-state index contributed by atoms with van der Waals surface area (Å²) in [6.07, 6.45) is -3.92. The normalized spacial score (nSPS) is 14.6. The highest BCUT2D eigenvalue weighted by atomic mass is 35.5. The summed E-state index contributed by atoms with van der Waals surface area (Å²) >= 11 is 12.0. The molecule has 3 aromatic rings. The van der Waals surface area contributed by atoms with Crippen molar-refractivity contribution >= 4 is 23.2 Å². The molecule has 0 radical (unpaired) electrons. The van der Waals surface area contributed by atoms with E-state index in [1.54, 1.807) is 12.1 Å². The van der Waals surface area contributed by atoms with Crippen molar-refractivity contribution in [2.75, 3.05) is 6.54 Å². The van der Waals surface area contributed by atoms with E-state index in [2.05, 4.69) is 19.9 Å². The monoisotopic (exact) mass is 454 g/mol. The molecule has 10 heteroatoms. The fourth-order valence-electron chi connectivity index (χ4n) is 3.38. The number of aromatic amines is 1. The number of pyridine rings is 1. The molecule has 1 aliphatic heterocycles. The van der Waals surface area contributed by atoms with E-state index >= 15 is 0 Å². The first kappa shape index (κ1) is 20.8. The predicted octanol–water partition coefficient (Wildman–Crippen LogP) is 4.72. The number of fused-ring (bicyclic) bond motifs is 1. The number of H-pyrrole nitrogens is 1. The van der Waals surface area contributed by atoms with Crippen LogP contribution in [-0.4, -0.2) is 26.4 Å². The smallest absolute Gasteiger partial charge is 0.306 e. The maximum absolute atomic E-state index is 12.8. The molecule has 0 fully saturated rings. The zero-order chi connectivity index (χ0) is 21.5. The Balaban J connectivity index is 1.59. The van der Waals surface area contributed by atoms with Crippen LogP contribution >= 0.6 is 23.2 Å². The number of benzene rings is 1. The Kier molecular flexibility index (Phi) is 5.57. The fourth-order valence-corrected chi connectivity index (χ4v) is 3.79. The van der Waals surface area contributed by atoms with E-state index in [0.29, 0.717) is 53.2 Å². The molecule has 5 nitrogen and oxygen atoms in total. The molecule has 156 valence electrons. The van der Waals surface area contributed by atoms with Crippen LogP contribution in [0.4, 0.5) is 13.2 Å². The van der Waals surface area contributed by atoms with E-state index in [-0.39, 0.29) is 11.4 Å². The predicted molar refractivity (Wildman–Crippen MR) is 107 cm³/mol. The van der Waals surface area contributed by atoms with Gasteiger partial charge in [-0.05, 0) is 24.6 Å².